The fourth-order valence-electron chi connectivity index (χ4n) is 2.51. The number of benzene rings is 1. The number of hydrogen-bond acceptors (Lipinski definition) is 3. The van der Waals surface area contributed by atoms with Crippen molar-refractivity contribution in [3.8, 4) is 0 Å². The first-order chi connectivity index (χ1) is 9.56. The standard InChI is InChI=1S/C15H19FN2O2/c16-13-5-3-11(4-6-13)14(19)2-1-8-18-9-7-12(10-18)15(17)20/h3-6,12H,1-2,7-10H2,(H2,17,20). The van der Waals surface area contributed by atoms with Crippen molar-refractivity contribution in [2.24, 2.45) is 11.7 Å². The molecule has 20 heavy (non-hydrogen) atoms. The zero-order valence-electron chi connectivity index (χ0n) is 11.3. The molecule has 0 aromatic heterocycles. The number of halogens is 1. The van der Waals surface area contributed by atoms with E-state index in [0.717, 1.165) is 25.9 Å². The topological polar surface area (TPSA) is 63.4 Å². The van der Waals surface area contributed by atoms with Crippen LogP contribution in [0.1, 0.15) is 29.6 Å². The van der Waals surface area contributed by atoms with E-state index in [1.165, 1.54) is 24.3 Å². The molecule has 1 fully saturated rings. The van der Waals surface area contributed by atoms with E-state index >= 15 is 0 Å². The number of hydrogen-bond donors (Lipinski definition) is 1. The zero-order valence-corrected chi connectivity index (χ0v) is 11.3. The number of rotatable bonds is 6. The lowest BCUT2D eigenvalue weighted by molar-refractivity contribution is -0.121. The highest BCUT2D eigenvalue weighted by atomic mass is 19.1. The molecule has 0 spiro atoms. The van der Waals surface area contributed by atoms with Gasteiger partial charge in [0.15, 0.2) is 5.78 Å². The molecule has 1 aromatic carbocycles. The minimum Gasteiger partial charge on any atom is -0.369 e. The number of carbonyl (C=O) groups is 2. The van der Waals surface area contributed by atoms with Crippen LogP contribution in [0.5, 0.6) is 0 Å². The summed E-state index contributed by atoms with van der Waals surface area (Å²) in [6.45, 7) is 2.34. The van der Waals surface area contributed by atoms with Crippen LogP contribution in [-0.4, -0.2) is 36.2 Å². The molecular formula is C15H19FN2O2. The average Bonchev–Trinajstić information content (AvgIpc) is 2.88. The molecule has 0 bridgehead atoms. The minimum atomic E-state index is -0.337. The Balaban J connectivity index is 1.72. The second-order valence-electron chi connectivity index (χ2n) is 5.22. The van der Waals surface area contributed by atoms with Crippen molar-refractivity contribution in [1.29, 1.82) is 0 Å². The van der Waals surface area contributed by atoms with Gasteiger partial charge in [0.25, 0.3) is 0 Å². The molecular weight excluding hydrogens is 259 g/mol. The molecule has 5 heteroatoms. The number of carbonyl (C=O) groups excluding carboxylic acids is 2. The van der Waals surface area contributed by atoms with E-state index in [0.29, 0.717) is 18.5 Å². The van der Waals surface area contributed by atoms with Crippen molar-refractivity contribution in [2.45, 2.75) is 19.3 Å². The highest BCUT2D eigenvalue weighted by Gasteiger charge is 2.26. The quantitative estimate of drug-likeness (QED) is 0.804. The maximum Gasteiger partial charge on any atom is 0.221 e. The van der Waals surface area contributed by atoms with Crippen LogP contribution < -0.4 is 5.73 Å². The van der Waals surface area contributed by atoms with Crippen LogP contribution in [-0.2, 0) is 4.79 Å². The number of ketones is 1. The predicted molar refractivity (Wildman–Crippen MR) is 73.7 cm³/mol. The van der Waals surface area contributed by atoms with Gasteiger partial charge in [-0.3, -0.25) is 9.59 Å². The van der Waals surface area contributed by atoms with E-state index in [1.54, 1.807) is 0 Å². The maximum atomic E-state index is 12.8. The lowest BCUT2D eigenvalue weighted by Crippen LogP contribution is -2.28. The number of likely N-dealkylation sites (tertiary alicyclic amines) is 1. The molecule has 4 nitrogen and oxygen atoms in total. The molecule has 1 amide bonds. The lowest BCUT2D eigenvalue weighted by atomic mass is 10.1. The van der Waals surface area contributed by atoms with Gasteiger partial charge in [-0.25, -0.2) is 4.39 Å². The SMILES string of the molecule is NC(=O)C1CCN(CCCC(=O)c2ccc(F)cc2)C1. The first-order valence-electron chi connectivity index (χ1n) is 6.86. The van der Waals surface area contributed by atoms with Crippen LogP contribution in [0.4, 0.5) is 4.39 Å². The van der Waals surface area contributed by atoms with Gasteiger partial charge in [0, 0.05) is 18.5 Å². The Hall–Kier alpha value is -1.75. The number of nitrogens with zero attached hydrogens (tertiary/aromatic N) is 1. The number of amides is 1. The summed E-state index contributed by atoms with van der Waals surface area (Å²) in [7, 11) is 0. The Kier molecular flexibility index (Phi) is 4.84. The minimum absolute atomic E-state index is 0.0237. The molecule has 1 aromatic rings. The van der Waals surface area contributed by atoms with Crippen molar-refractivity contribution in [2.75, 3.05) is 19.6 Å². The molecule has 2 N–H and O–H groups in total. The molecule has 0 radical (unpaired) electrons. The fraction of sp³-hybridized carbons (Fsp3) is 0.467. The summed E-state index contributed by atoms with van der Waals surface area (Å²) in [5, 5.41) is 0. The van der Waals surface area contributed by atoms with Crippen LogP contribution in [0.25, 0.3) is 0 Å². The molecule has 2 rings (SSSR count). The highest BCUT2D eigenvalue weighted by molar-refractivity contribution is 5.95. The molecule has 108 valence electrons. The third-order valence-electron chi connectivity index (χ3n) is 3.72. The van der Waals surface area contributed by atoms with Gasteiger partial charge in [-0.2, -0.15) is 0 Å². The Morgan fingerprint density at radius 1 is 1.30 bits per heavy atom. The molecule has 1 unspecified atom stereocenters. The Morgan fingerprint density at radius 3 is 2.60 bits per heavy atom. The molecule has 0 saturated carbocycles. The van der Waals surface area contributed by atoms with Gasteiger partial charge in [0.2, 0.25) is 5.91 Å². The first-order valence-corrected chi connectivity index (χ1v) is 6.86. The number of nitrogens with two attached hydrogens (primary N) is 1. The van der Waals surface area contributed by atoms with Crippen LogP contribution in [0.2, 0.25) is 0 Å². The van der Waals surface area contributed by atoms with Crippen molar-refractivity contribution >= 4 is 11.7 Å². The van der Waals surface area contributed by atoms with E-state index in [-0.39, 0.29) is 23.4 Å². The molecule has 1 atom stereocenters. The van der Waals surface area contributed by atoms with Crippen molar-refractivity contribution in [1.82, 2.24) is 4.90 Å². The Bertz CT molecular complexity index is 487. The van der Waals surface area contributed by atoms with Gasteiger partial charge >= 0.3 is 0 Å². The Morgan fingerprint density at radius 2 is 2.00 bits per heavy atom. The van der Waals surface area contributed by atoms with Gasteiger partial charge in [-0.15, -0.1) is 0 Å². The monoisotopic (exact) mass is 278 g/mol. The normalized spacial score (nSPS) is 19.1. The molecule has 1 aliphatic heterocycles. The summed E-state index contributed by atoms with van der Waals surface area (Å²) in [5.41, 5.74) is 5.82. The largest absolute Gasteiger partial charge is 0.369 e. The van der Waals surface area contributed by atoms with E-state index in [4.69, 9.17) is 5.73 Å². The molecule has 1 heterocycles. The smallest absolute Gasteiger partial charge is 0.221 e. The van der Waals surface area contributed by atoms with Gasteiger partial charge in [-0.1, -0.05) is 0 Å². The average molecular weight is 278 g/mol. The van der Waals surface area contributed by atoms with Crippen molar-refractivity contribution in [3.05, 3.63) is 35.6 Å². The highest BCUT2D eigenvalue weighted by Crippen LogP contribution is 2.16. The van der Waals surface area contributed by atoms with E-state index in [9.17, 15) is 14.0 Å². The summed E-state index contributed by atoms with van der Waals surface area (Å²) in [5.74, 6) is -0.607. The fourth-order valence-corrected chi connectivity index (χ4v) is 2.51. The van der Waals surface area contributed by atoms with Gasteiger partial charge in [0.1, 0.15) is 5.82 Å². The molecule has 1 aliphatic rings. The summed E-state index contributed by atoms with van der Waals surface area (Å²) < 4.78 is 12.8. The van der Waals surface area contributed by atoms with Crippen LogP contribution in [0.15, 0.2) is 24.3 Å². The third-order valence-corrected chi connectivity index (χ3v) is 3.72. The number of Topliss-reactive ketones (excluding diaryl/α,β-unsaturated/α-hetero) is 1. The summed E-state index contributed by atoms with van der Waals surface area (Å²) in [4.78, 5) is 25.1. The molecule has 0 aliphatic carbocycles. The second-order valence-corrected chi connectivity index (χ2v) is 5.22. The van der Waals surface area contributed by atoms with E-state index in [1.807, 2.05) is 0 Å². The zero-order chi connectivity index (χ0) is 14.5. The van der Waals surface area contributed by atoms with E-state index in [2.05, 4.69) is 4.90 Å². The molecule has 1 saturated heterocycles. The van der Waals surface area contributed by atoms with Crippen molar-refractivity contribution < 1.29 is 14.0 Å². The van der Waals surface area contributed by atoms with Crippen molar-refractivity contribution in [3.63, 3.8) is 0 Å². The third kappa shape index (κ3) is 3.87. The van der Waals surface area contributed by atoms with E-state index < -0.39 is 0 Å². The lowest BCUT2D eigenvalue weighted by Gasteiger charge is -2.14. The predicted octanol–water partition coefficient (Wildman–Crippen LogP) is 1.60. The van der Waals surface area contributed by atoms with Crippen LogP contribution in [0, 0.1) is 11.7 Å². The second kappa shape index (κ2) is 6.61. The summed E-state index contributed by atoms with van der Waals surface area (Å²) >= 11 is 0. The van der Waals surface area contributed by atoms with Crippen LogP contribution >= 0.6 is 0 Å². The maximum absolute atomic E-state index is 12.8. The summed E-state index contributed by atoms with van der Waals surface area (Å²) in [6, 6.07) is 5.61. The van der Waals surface area contributed by atoms with Gasteiger partial charge < -0.3 is 10.6 Å². The van der Waals surface area contributed by atoms with Crippen LogP contribution in [0.3, 0.4) is 0 Å². The first kappa shape index (κ1) is 14.7. The number of primary amides is 1. The van der Waals surface area contributed by atoms with Gasteiger partial charge in [0.05, 0.1) is 5.92 Å². The summed E-state index contributed by atoms with van der Waals surface area (Å²) in [6.07, 6.45) is 1.98. The van der Waals surface area contributed by atoms with Gasteiger partial charge in [-0.05, 0) is 50.2 Å². The Labute approximate surface area is 117 Å².